The molecule has 36 heavy (non-hydrogen) atoms. The molecule has 186 valence electrons. The molecule has 2 amide bonds. The summed E-state index contributed by atoms with van der Waals surface area (Å²) in [6.45, 7) is 2.95. The number of carbonyl (C=O) groups is 2. The maximum atomic E-state index is 14.3. The highest BCUT2D eigenvalue weighted by atomic mass is 19.1. The van der Waals surface area contributed by atoms with Gasteiger partial charge in [0.15, 0.2) is 6.04 Å². The van der Waals surface area contributed by atoms with E-state index in [1.54, 1.807) is 39.1 Å². The summed E-state index contributed by atoms with van der Waals surface area (Å²) in [4.78, 5) is 30.7. The lowest BCUT2D eigenvalue weighted by Gasteiger charge is -2.21. The van der Waals surface area contributed by atoms with Crippen LogP contribution in [0.3, 0.4) is 0 Å². The van der Waals surface area contributed by atoms with Crippen molar-refractivity contribution in [2.75, 3.05) is 18.6 Å². The smallest absolute Gasteiger partial charge is 0.288 e. The zero-order chi connectivity index (χ0) is 26.2. The fourth-order valence-corrected chi connectivity index (χ4v) is 3.63. The van der Waals surface area contributed by atoms with Crippen molar-refractivity contribution < 1.29 is 28.2 Å². The van der Waals surface area contributed by atoms with Crippen molar-refractivity contribution in [2.24, 2.45) is 5.73 Å². The number of amides is 2. The van der Waals surface area contributed by atoms with E-state index in [1.807, 2.05) is 0 Å². The fraction of sp³-hybridized carbons (Fsp3) is 0.280. The third-order valence-corrected chi connectivity index (χ3v) is 5.43. The number of hydrogen-bond acceptors (Lipinski definition) is 6. The number of rotatable bonds is 4. The largest absolute Gasteiger partial charge is 0.489 e. The number of nitrogens with zero attached hydrogens (tertiary/aromatic N) is 4. The highest BCUT2D eigenvalue weighted by Gasteiger charge is 2.34. The molecule has 0 saturated heterocycles. The molecule has 0 fully saturated rings. The van der Waals surface area contributed by atoms with Crippen molar-refractivity contribution in [3.63, 3.8) is 0 Å². The van der Waals surface area contributed by atoms with Gasteiger partial charge in [-0.05, 0) is 43.7 Å². The van der Waals surface area contributed by atoms with Gasteiger partial charge in [-0.3, -0.25) is 9.59 Å². The van der Waals surface area contributed by atoms with E-state index in [2.05, 4.69) is 21.9 Å². The Morgan fingerprint density at radius 1 is 1.28 bits per heavy atom. The lowest BCUT2D eigenvalue weighted by Crippen LogP contribution is -2.36. The van der Waals surface area contributed by atoms with Gasteiger partial charge in [-0.2, -0.15) is 0 Å². The Morgan fingerprint density at radius 2 is 2.03 bits per heavy atom. The van der Waals surface area contributed by atoms with Crippen LogP contribution in [0.4, 0.5) is 14.5 Å². The van der Waals surface area contributed by atoms with Crippen LogP contribution in [0.2, 0.25) is 0 Å². The highest BCUT2D eigenvalue weighted by molar-refractivity contribution is 5.98. The molecule has 1 atom stereocenters. The molecule has 1 aliphatic heterocycles. The first-order chi connectivity index (χ1) is 16.9. The fourth-order valence-electron chi connectivity index (χ4n) is 3.63. The van der Waals surface area contributed by atoms with Crippen molar-refractivity contribution in [2.45, 2.75) is 31.9 Å². The summed E-state index contributed by atoms with van der Waals surface area (Å²) in [5.74, 6) is 2.79. The van der Waals surface area contributed by atoms with Crippen LogP contribution in [-0.4, -0.2) is 50.9 Å². The molecule has 2 aromatic carbocycles. The van der Waals surface area contributed by atoms with Crippen molar-refractivity contribution in [1.82, 2.24) is 14.8 Å². The van der Waals surface area contributed by atoms with Crippen LogP contribution < -0.4 is 15.4 Å². The SMILES string of the molecule is CN1C(=O)[C@@H](n2nc(C(N)=O)nc2Cc2ccc(F)cc2F)COc2ccc(C#CC(C)(C)O)cc21. The van der Waals surface area contributed by atoms with E-state index in [1.165, 1.54) is 15.6 Å². The highest BCUT2D eigenvalue weighted by Crippen LogP contribution is 2.34. The topological polar surface area (TPSA) is 124 Å². The van der Waals surface area contributed by atoms with Crippen LogP contribution in [0.5, 0.6) is 5.75 Å². The van der Waals surface area contributed by atoms with Gasteiger partial charge in [-0.15, -0.1) is 5.10 Å². The molecule has 0 aliphatic carbocycles. The van der Waals surface area contributed by atoms with Crippen molar-refractivity contribution >= 4 is 17.5 Å². The zero-order valence-corrected chi connectivity index (χ0v) is 19.7. The maximum absolute atomic E-state index is 14.3. The summed E-state index contributed by atoms with van der Waals surface area (Å²) in [6, 6.07) is 7.01. The van der Waals surface area contributed by atoms with E-state index in [0.717, 1.165) is 12.1 Å². The summed E-state index contributed by atoms with van der Waals surface area (Å²) in [5.41, 5.74) is 5.24. The molecule has 1 aliphatic rings. The summed E-state index contributed by atoms with van der Waals surface area (Å²) in [5, 5.41) is 14.0. The zero-order valence-electron chi connectivity index (χ0n) is 19.7. The summed E-state index contributed by atoms with van der Waals surface area (Å²) in [6.07, 6.45) is -0.177. The molecular weight excluding hydrogens is 472 g/mol. The van der Waals surface area contributed by atoms with E-state index in [-0.39, 0.29) is 30.2 Å². The molecule has 0 spiro atoms. The van der Waals surface area contributed by atoms with Crippen LogP contribution >= 0.6 is 0 Å². The van der Waals surface area contributed by atoms with E-state index < -0.39 is 35.1 Å². The lowest BCUT2D eigenvalue weighted by atomic mass is 10.1. The molecule has 2 heterocycles. The number of aromatic nitrogens is 3. The van der Waals surface area contributed by atoms with E-state index >= 15 is 0 Å². The molecule has 0 radical (unpaired) electrons. The number of fused-ring (bicyclic) bond motifs is 1. The minimum Gasteiger partial charge on any atom is -0.489 e. The number of anilines is 1. The predicted molar refractivity (Wildman–Crippen MR) is 125 cm³/mol. The number of nitrogens with two attached hydrogens (primary N) is 1. The number of likely N-dealkylation sites (N-methyl/N-ethyl adjacent to an activating group) is 1. The quantitative estimate of drug-likeness (QED) is 0.534. The van der Waals surface area contributed by atoms with Crippen LogP contribution in [0.15, 0.2) is 36.4 Å². The second-order valence-electron chi connectivity index (χ2n) is 8.79. The predicted octanol–water partition coefficient (Wildman–Crippen LogP) is 1.96. The number of halogens is 2. The molecule has 11 heteroatoms. The van der Waals surface area contributed by atoms with Gasteiger partial charge in [-0.25, -0.2) is 18.4 Å². The first-order valence-corrected chi connectivity index (χ1v) is 10.9. The van der Waals surface area contributed by atoms with Crippen molar-refractivity contribution in [3.8, 4) is 17.6 Å². The lowest BCUT2D eigenvalue weighted by molar-refractivity contribution is -0.122. The molecule has 3 N–H and O–H groups in total. The van der Waals surface area contributed by atoms with Crippen LogP contribution in [0.1, 0.15) is 47.5 Å². The molecule has 3 aromatic rings. The van der Waals surface area contributed by atoms with Crippen molar-refractivity contribution in [3.05, 3.63) is 70.8 Å². The Labute approximate surface area is 205 Å². The molecule has 4 rings (SSSR count). The third-order valence-electron chi connectivity index (χ3n) is 5.43. The molecule has 1 aromatic heterocycles. The van der Waals surface area contributed by atoms with Gasteiger partial charge in [0.25, 0.3) is 11.8 Å². The Hall–Kier alpha value is -4.30. The molecule has 0 unspecified atom stereocenters. The Balaban J connectivity index is 1.71. The summed E-state index contributed by atoms with van der Waals surface area (Å²) in [7, 11) is 1.54. The monoisotopic (exact) mass is 495 g/mol. The minimum absolute atomic E-state index is 0.0762. The standard InChI is InChI=1S/C25H23F2N5O4/c1-25(2,35)9-8-14-4-7-20-18(10-14)31(3)24(34)19(13-36-20)32-21(29-23(30-32)22(28)33)11-15-5-6-16(26)12-17(15)27/h4-7,10,12,19,35H,11,13H2,1-3H3,(H2,28,33)/t19-/m0/s1. The van der Waals surface area contributed by atoms with E-state index in [9.17, 15) is 23.5 Å². The Kier molecular flexibility index (Phi) is 6.47. The van der Waals surface area contributed by atoms with Gasteiger partial charge >= 0.3 is 0 Å². The van der Waals surface area contributed by atoms with E-state index in [4.69, 9.17) is 10.5 Å². The van der Waals surface area contributed by atoms with Gasteiger partial charge in [0.1, 0.15) is 35.4 Å². The van der Waals surface area contributed by atoms with Crippen LogP contribution in [0.25, 0.3) is 0 Å². The number of carbonyl (C=O) groups excluding carboxylic acids is 2. The Morgan fingerprint density at radius 3 is 2.69 bits per heavy atom. The van der Waals surface area contributed by atoms with Gasteiger partial charge < -0.3 is 20.5 Å². The third kappa shape index (κ3) is 5.18. The summed E-state index contributed by atoms with van der Waals surface area (Å²) < 4.78 is 34.7. The Bertz CT molecular complexity index is 1420. The average molecular weight is 495 g/mol. The maximum Gasteiger partial charge on any atom is 0.288 e. The second kappa shape index (κ2) is 9.39. The van der Waals surface area contributed by atoms with Crippen LogP contribution in [-0.2, 0) is 11.2 Å². The van der Waals surface area contributed by atoms with Gasteiger partial charge in [0, 0.05) is 25.1 Å². The minimum atomic E-state index is -1.19. The number of ether oxygens (including phenoxy) is 1. The molecule has 9 nitrogen and oxygen atoms in total. The van der Waals surface area contributed by atoms with E-state index in [0.29, 0.717) is 17.0 Å². The number of primary amides is 1. The normalized spacial score (nSPS) is 15.4. The first-order valence-electron chi connectivity index (χ1n) is 10.9. The van der Waals surface area contributed by atoms with Crippen molar-refractivity contribution in [1.29, 1.82) is 0 Å². The average Bonchev–Trinajstić information content (AvgIpc) is 3.18. The van der Waals surface area contributed by atoms with Gasteiger partial charge in [0.2, 0.25) is 5.82 Å². The second-order valence-corrected chi connectivity index (χ2v) is 8.79. The van der Waals surface area contributed by atoms with Gasteiger partial charge in [-0.1, -0.05) is 17.9 Å². The molecule has 0 saturated carbocycles. The number of aliphatic hydroxyl groups is 1. The summed E-state index contributed by atoms with van der Waals surface area (Å²) >= 11 is 0. The van der Waals surface area contributed by atoms with Gasteiger partial charge in [0.05, 0.1) is 5.69 Å². The first kappa shape index (κ1) is 24.8. The van der Waals surface area contributed by atoms with Crippen LogP contribution in [0, 0.1) is 23.5 Å². The number of benzene rings is 2. The number of hydrogen-bond donors (Lipinski definition) is 2. The molecular formula is C25H23F2N5O4. The molecule has 0 bridgehead atoms.